The van der Waals surface area contributed by atoms with Crippen molar-refractivity contribution in [2.24, 2.45) is 22.9 Å². The lowest BCUT2D eigenvalue weighted by atomic mass is 9.55. The van der Waals surface area contributed by atoms with Crippen molar-refractivity contribution in [2.45, 2.75) is 82.8 Å². The van der Waals surface area contributed by atoms with Gasteiger partial charge >= 0.3 is 12.2 Å². The molecule has 64 heavy (non-hydrogen) atoms. The van der Waals surface area contributed by atoms with Gasteiger partial charge in [0.2, 0.25) is 5.79 Å². The van der Waals surface area contributed by atoms with Crippen LogP contribution in [-0.4, -0.2) is 88.6 Å². The molecule has 0 bridgehead atoms. The van der Waals surface area contributed by atoms with Crippen molar-refractivity contribution in [1.82, 2.24) is 10.2 Å². The third-order valence-corrected chi connectivity index (χ3v) is 12.1. The van der Waals surface area contributed by atoms with Gasteiger partial charge in [0.1, 0.15) is 36.6 Å². The number of alkyl halides is 1. The lowest BCUT2D eigenvalue weighted by molar-refractivity contribution is -0.384. The van der Waals surface area contributed by atoms with E-state index in [0.29, 0.717) is 67.7 Å². The molecule has 0 aromatic heterocycles. The molecule has 6 rings (SSSR count). The van der Waals surface area contributed by atoms with Crippen LogP contribution >= 0.6 is 11.6 Å². The highest BCUT2D eigenvalue weighted by atomic mass is 35.5. The maximum absolute atomic E-state index is 14.5. The predicted octanol–water partition coefficient (Wildman–Crippen LogP) is 8.55. The number of benzene rings is 3. The molecule has 3 N–H and O–H groups in total. The molecular weight excluding hydrogens is 851 g/mol. The standard InChI is InChI=1S/C47H56ClFN4O11/c1-3-24-61-47-42(52(46(57)60-25-21-48)29-31-11-15-34(49)16-12-31)28-40(51-62-30-32-13-17-35(18-14-32)53(58)59)38-26-33(9-5-7-22-54)37(10-6-8-23-55)43(44(38)47)39-27-36(19-20-41(39)64-47)63-45(56)50-4-2/h3,11-20,26-27,33,37,42-44,54-55H,1,4-10,21-25,28-30H2,2H3,(H,50,56). The summed E-state index contributed by atoms with van der Waals surface area (Å²) in [7, 11) is 0. The van der Waals surface area contributed by atoms with Gasteiger partial charge in [-0.3, -0.25) is 15.0 Å². The molecule has 2 amide bonds. The molecule has 1 aliphatic heterocycles. The minimum Gasteiger partial charge on any atom is -0.459 e. The summed E-state index contributed by atoms with van der Waals surface area (Å²) < 4.78 is 39.9. The number of carbonyl (C=O) groups excluding carboxylic acids is 2. The fourth-order valence-corrected chi connectivity index (χ4v) is 9.27. The second kappa shape index (κ2) is 22.9. The van der Waals surface area contributed by atoms with Gasteiger partial charge in [-0.1, -0.05) is 42.3 Å². The average Bonchev–Trinajstić information content (AvgIpc) is 3.29. The fourth-order valence-electron chi connectivity index (χ4n) is 9.20. The van der Waals surface area contributed by atoms with Crippen molar-refractivity contribution in [3.8, 4) is 11.5 Å². The van der Waals surface area contributed by atoms with Crippen molar-refractivity contribution in [2.75, 3.05) is 38.9 Å². The molecule has 3 aromatic carbocycles. The number of carbonyl (C=O) groups is 2. The van der Waals surface area contributed by atoms with E-state index in [0.717, 1.165) is 11.1 Å². The summed E-state index contributed by atoms with van der Waals surface area (Å²) in [4.78, 5) is 45.7. The van der Waals surface area contributed by atoms with E-state index >= 15 is 0 Å². The minimum absolute atomic E-state index is 0.0000601. The monoisotopic (exact) mass is 906 g/mol. The number of fused-ring (bicyclic) bond motifs is 2. The van der Waals surface area contributed by atoms with Crippen LogP contribution in [0.15, 0.2) is 96.2 Å². The van der Waals surface area contributed by atoms with E-state index in [4.69, 9.17) is 40.5 Å². The molecule has 6 unspecified atom stereocenters. The Bertz CT molecular complexity index is 2140. The highest BCUT2D eigenvalue weighted by Gasteiger charge is 2.65. The highest BCUT2D eigenvalue weighted by molar-refractivity contribution is 6.18. The largest absolute Gasteiger partial charge is 0.459 e. The third-order valence-electron chi connectivity index (χ3n) is 11.9. The van der Waals surface area contributed by atoms with Crippen LogP contribution in [0.3, 0.4) is 0 Å². The van der Waals surface area contributed by atoms with E-state index in [-0.39, 0.29) is 75.2 Å². The first kappa shape index (κ1) is 47.9. The molecule has 1 fully saturated rings. The van der Waals surface area contributed by atoms with Gasteiger partial charge in [-0.25, -0.2) is 14.0 Å². The first-order valence-corrected chi connectivity index (χ1v) is 22.2. The minimum atomic E-state index is -1.65. The third kappa shape index (κ3) is 11.2. The summed E-state index contributed by atoms with van der Waals surface area (Å²) in [5.74, 6) is -2.70. The Labute approximate surface area is 376 Å². The number of hydrogen-bond donors (Lipinski definition) is 3. The maximum Gasteiger partial charge on any atom is 0.412 e. The van der Waals surface area contributed by atoms with Crippen molar-refractivity contribution < 1.29 is 52.9 Å². The van der Waals surface area contributed by atoms with E-state index in [1.165, 1.54) is 29.2 Å². The molecule has 2 aliphatic carbocycles. The Morgan fingerprint density at radius 2 is 1.78 bits per heavy atom. The lowest BCUT2D eigenvalue weighted by Gasteiger charge is -2.59. The number of unbranched alkanes of at least 4 members (excludes halogenated alkanes) is 2. The van der Waals surface area contributed by atoms with Crippen LogP contribution in [0.2, 0.25) is 0 Å². The van der Waals surface area contributed by atoms with Crippen molar-refractivity contribution in [1.29, 1.82) is 0 Å². The zero-order valence-electron chi connectivity index (χ0n) is 35.9. The van der Waals surface area contributed by atoms with Gasteiger partial charge in [0.25, 0.3) is 5.69 Å². The van der Waals surface area contributed by atoms with Gasteiger partial charge in [0.05, 0.1) is 29.0 Å². The molecule has 0 spiro atoms. The van der Waals surface area contributed by atoms with E-state index in [9.17, 15) is 34.3 Å². The van der Waals surface area contributed by atoms with Crippen molar-refractivity contribution >= 4 is 35.2 Å². The number of halogens is 2. The fraction of sp³-hybridized carbons (Fsp3) is 0.468. The van der Waals surface area contributed by atoms with Gasteiger partial charge < -0.3 is 39.3 Å². The quantitative estimate of drug-likeness (QED) is 0.0288. The normalized spacial score (nSPS) is 22.5. The van der Waals surface area contributed by atoms with Crippen LogP contribution in [0.4, 0.5) is 19.7 Å². The number of ether oxygens (including phenoxy) is 4. The molecule has 6 atom stereocenters. The average molecular weight is 907 g/mol. The molecule has 17 heteroatoms. The summed E-state index contributed by atoms with van der Waals surface area (Å²) in [6.45, 7) is 5.93. The molecule has 344 valence electrons. The lowest BCUT2D eigenvalue weighted by Crippen LogP contribution is -2.70. The van der Waals surface area contributed by atoms with Crippen LogP contribution in [-0.2, 0) is 27.5 Å². The Morgan fingerprint density at radius 1 is 1.06 bits per heavy atom. The van der Waals surface area contributed by atoms with Crippen LogP contribution in [0.1, 0.15) is 74.5 Å². The van der Waals surface area contributed by atoms with E-state index < -0.39 is 46.6 Å². The number of aliphatic hydroxyl groups excluding tert-OH is 2. The van der Waals surface area contributed by atoms with Crippen LogP contribution in [0.5, 0.6) is 11.5 Å². The maximum atomic E-state index is 14.5. The Balaban J connectivity index is 1.59. The molecule has 1 heterocycles. The van der Waals surface area contributed by atoms with E-state index in [2.05, 4.69) is 18.0 Å². The zero-order valence-corrected chi connectivity index (χ0v) is 36.6. The number of nitrogens with zero attached hydrogens (tertiary/aromatic N) is 3. The van der Waals surface area contributed by atoms with Gasteiger partial charge in [-0.2, -0.15) is 0 Å². The number of rotatable bonds is 22. The van der Waals surface area contributed by atoms with Gasteiger partial charge in [0.15, 0.2) is 0 Å². The van der Waals surface area contributed by atoms with Gasteiger partial charge in [-0.05, 0) is 104 Å². The number of nitro benzene ring substituents is 1. The number of allylic oxidation sites excluding steroid dienone is 1. The molecule has 0 radical (unpaired) electrons. The zero-order chi connectivity index (χ0) is 45.6. The predicted molar refractivity (Wildman–Crippen MR) is 237 cm³/mol. The van der Waals surface area contributed by atoms with Crippen molar-refractivity contribution in [3.05, 3.63) is 124 Å². The van der Waals surface area contributed by atoms with Crippen molar-refractivity contribution in [3.63, 3.8) is 0 Å². The van der Waals surface area contributed by atoms with Crippen LogP contribution in [0.25, 0.3) is 0 Å². The number of non-ortho nitro benzene ring substituents is 1. The smallest absolute Gasteiger partial charge is 0.412 e. The first-order valence-electron chi connectivity index (χ1n) is 21.7. The van der Waals surface area contributed by atoms with Crippen LogP contribution in [0, 0.1) is 33.7 Å². The molecule has 3 aliphatic rings. The molecule has 0 saturated heterocycles. The van der Waals surface area contributed by atoms with E-state index in [1.807, 2.05) is 0 Å². The summed E-state index contributed by atoms with van der Waals surface area (Å²) in [5.41, 5.74) is 3.11. The molecule has 1 saturated carbocycles. The highest BCUT2D eigenvalue weighted by Crippen LogP contribution is 2.62. The SMILES string of the molecule is C=CCOC12Oc3ccc(OC(=O)NCC)cc3C3C(CCCCO)C(CCCCO)C=C(C(=NOCc4ccc([N+](=O)[O-])cc4)CC1N(Cc1ccc(F)cc1)C(=O)OCCCl)C32. The Hall–Kier alpha value is -5.55. The summed E-state index contributed by atoms with van der Waals surface area (Å²) in [5, 5.41) is 38.6. The topological polar surface area (TPSA) is 192 Å². The number of oxime groups is 1. The van der Waals surface area contributed by atoms with Crippen LogP contribution < -0.4 is 14.8 Å². The second-order valence-electron chi connectivity index (χ2n) is 15.9. The number of amides is 2. The number of nitrogens with one attached hydrogen (secondary N) is 1. The second-order valence-corrected chi connectivity index (χ2v) is 16.3. The Kier molecular flexibility index (Phi) is 17.1. The summed E-state index contributed by atoms with van der Waals surface area (Å²) in [6, 6.07) is 15.9. The summed E-state index contributed by atoms with van der Waals surface area (Å²) >= 11 is 6.05. The Morgan fingerprint density at radius 3 is 2.45 bits per heavy atom. The molecule has 15 nitrogen and oxygen atoms in total. The molecule has 3 aromatic rings. The first-order chi connectivity index (χ1) is 31.1. The van der Waals surface area contributed by atoms with Gasteiger partial charge in [-0.15, -0.1) is 18.2 Å². The van der Waals surface area contributed by atoms with Gasteiger partial charge in [0, 0.05) is 56.3 Å². The molecular formula is C47H56ClFN4O11. The summed E-state index contributed by atoms with van der Waals surface area (Å²) in [6.07, 6.45) is 6.33. The number of aliphatic hydroxyl groups is 2. The van der Waals surface area contributed by atoms with E-state index in [1.54, 1.807) is 55.5 Å². The number of nitro groups is 1. The number of hydrogen-bond acceptors (Lipinski definition) is 12.